The Morgan fingerprint density at radius 3 is 2.72 bits per heavy atom. The summed E-state index contributed by atoms with van der Waals surface area (Å²) in [4.78, 5) is 4.15. The lowest BCUT2D eigenvalue weighted by Crippen LogP contribution is -1.98. The first kappa shape index (κ1) is 13.8. The fraction of sp³-hybridized carbons (Fsp3) is 0.133. The molecule has 0 bridgehead atoms. The molecule has 0 aliphatic rings. The number of rotatable bonds is 5. The van der Waals surface area contributed by atoms with E-state index in [0.29, 0.717) is 17.2 Å². The van der Waals surface area contributed by atoms with Crippen molar-refractivity contribution in [2.75, 3.05) is 7.11 Å². The number of nitrogens with two attached hydrogens (primary N) is 1. The molecule has 18 heavy (non-hydrogen) atoms. The minimum Gasteiger partial charge on any atom is -0.497 e. The molecule has 0 saturated heterocycles. The molecule has 3 heteroatoms. The number of nitrogens with zero attached hydrogens (tertiary/aromatic N) is 1. The van der Waals surface area contributed by atoms with Crippen LogP contribution in [0.2, 0.25) is 0 Å². The Bertz CT molecular complexity index is 513. The van der Waals surface area contributed by atoms with Crippen molar-refractivity contribution in [3.63, 3.8) is 0 Å². The van der Waals surface area contributed by atoms with Gasteiger partial charge in [-0.2, -0.15) is 0 Å². The van der Waals surface area contributed by atoms with Crippen molar-refractivity contribution in [2.24, 2.45) is 5.73 Å². The SMILES string of the molecule is C=C/C(=C\C(=C/C)c1ccnc(C(=C)N)c1)OC. The molecule has 3 nitrogen and oxygen atoms in total. The molecule has 2 N–H and O–H groups in total. The zero-order valence-electron chi connectivity index (χ0n) is 10.8. The van der Waals surface area contributed by atoms with E-state index >= 15 is 0 Å². The Labute approximate surface area is 108 Å². The van der Waals surface area contributed by atoms with Crippen LogP contribution >= 0.6 is 0 Å². The Morgan fingerprint density at radius 2 is 2.22 bits per heavy atom. The standard InChI is InChI=1S/C15H18N2O/c1-5-12(9-14(6-2)18-4)13-7-8-17-15(10-13)11(3)16/h5-10H,2-3,16H2,1,4H3/b12-5+,14-9+. The maximum atomic E-state index is 5.65. The highest BCUT2D eigenvalue weighted by atomic mass is 16.5. The van der Waals surface area contributed by atoms with Crippen molar-refractivity contribution in [2.45, 2.75) is 6.92 Å². The van der Waals surface area contributed by atoms with E-state index in [1.54, 1.807) is 19.4 Å². The summed E-state index contributed by atoms with van der Waals surface area (Å²) < 4.78 is 5.18. The third kappa shape index (κ3) is 3.35. The zero-order valence-corrected chi connectivity index (χ0v) is 10.8. The summed E-state index contributed by atoms with van der Waals surface area (Å²) >= 11 is 0. The molecular formula is C15H18N2O. The van der Waals surface area contributed by atoms with Gasteiger partial charge in [-0.1, -0.05) is 19.2 Å². The Morgan fingerprint density at radius 1 is 1.50 bits per heavy atom. The van der Waals surface area contributed by atoms with E-state index < -0.39 is 0 Å². The monoisotopic (exact) mass is 242 g/mol. The van der Waals surface area contributed by atoms with Gasteiger partial charge in [0.25, 0.3) is 0 Å². The van der Waals surface area contributed by atoms with Gasteiger partial charge in [-0.15, -0.1) is 0 Å². The summed E-state index contributed by atoms with van der Waals surface area (Å²) in [6, 6.07) is 3.80. The van der Waals surface area contributed by atoms with E-state index in [4.69, 9.17) is 10.5 Å². The number of hydrogen-bond acceptors (Lipinski definition) is 3. The van der Waals surface area contributed by atoms with E-state index in [-0.39, 0.29) is 0 Å². The van der Waals surface area contributed by atoms with Crippen molar-refractivity contribution >= 4 is 11.3 Å². The lowest BCUT2D eigenvalue weighted by molar-refractivity contribution is 0.307. The fourth-order valence-electron chi connectivity index (χ4n) is 1.47. The van der Waals surface area contributed by atoms with Crippen LogP contribution in [0.4, 0.5) is 0 Å². The van der Waals surface area contributed by atoms with Gasteiger partial charge in [0, 0.05) is 6.20 Å². The van der Waals surface area contributed by atoms with Gasteiger partial charge >= 0.3 is 0 Å². The molecule has 1 aromatic rings. The molecule has 0 aliphatic carbocycles. The summed E-state index contributed by atoms with van der Waals surface area (Å²) in [7, 11) is 1.61. The third-order valence-electron chi connectivity index (χ3n) is 2.47. The van der Waals surface area contributed by atoms with Gasteiger partial charge in [-0.3, -0.25) is 4.98 Å². The molecule has 0 spiro atoms. The summed E-state index contributed by atoms with van der Waals surface area (Å²) in [5.74, 6) is 0.702. The second-order valence-corrected chi connectivity index (χ2v) is 3.65. The van der Waals surface area contributed by atoms with Crippen molar-refractivity contribution in [1.29, 1.82) is 0 Å². The number of aromatic nitrogens is 1. The molecule has 0 saturated carbocycles. The predicted molar refractivity (Wildman–Crippen MR) is 76.4 cm³/mol. The minimum atomic E-state index is 0.451. The molecule has 0 atom stereocenters. The van der Waals surface area contributed by atoms with E-state index in [1.165, 1.54) is 0 Å². The van der Waals surface area contributed by atoms with Crippen LogP contribution in [0.5, 0.6) is 0 Å². The van der Waals surface area contributed by atoms with Gasteiger partial charge in [0.1, 0.15) is 5.76 Å². The van der Waals surface area contributed by atoms with Crippen LogP contribution in [0.1, 0.15) is 18.2 Å². The summed E-state index contributed by atoms with van der Waals surface area (Å²) in [5.41, 5.74) is 8.79. The average molecular weight is 242 g/mol. The first-order valence-electron chi connectivity index (χ1n) is 5.58. The summed E-state index contributed by atoms with van der Waals surface area (Å²) in [6.07, 6.45) is 7.26. The lowest BCUT2D eigenvalue weighted by atomic mass is 10.0. The molecule has 0 fully saturated rings. The molecule has 0 aromatic carbocycles. The van der Waals surface area contributed by atoms with Crippen LogP contribution in [0.15, 0.2) is 55.5 Å². The van der Waals surface area contributed by atoms with E-state index in [0.717, 1.165) is 11.1 Å². The normalized spacial score (nSPS) is 12.1. The van der Waals surface area contributed by atoms with Crippen molar-refractivity contribution in [3.05, 3.63) is 66.7 Å². The summed E-state index contributed by atoms with van der Waals surface area (Å²) in [5, 5.41) is 0. The van der Waals surface area contributed by atoms with Gasteiger partial charge < -0.3 is 10.5 Å². The van der Waals surface area contributed by atoms with Crippen LogP contribution in [-0.4, -0.2) is 12.1 Å². The van der Waals surface area contributed by atoms with Gasteiger partial charge in [0.15, 0.2) is 0 Å². The largest absolute Gasteiger partial charge is 0.497 e. The Hall–Kier alpha value is -2.29. The highest BCUT2D eigenvalue weighted by Crippen LogP contribution is 2.19. The second kappa shape index (κ2) is 6.45. The molecule has 1 rings (SSSR count). The van der Waals surface area contributed by atoms with Crippen molar-refractivity contribution < 1.29 is 4.74 Å². The fourth-order valence-corrected chi connectivity index (χ4v) is 1.47. The lowest BCUT2D eigenvalue weighted by Gasteiger charge is -2.07. The van der Waals surface area contributed by atoms with Crippen LogP contribution in [0.25, 0.3) is 11.3 Å². The maximum Gasteiger partial charge on any atom is 0.118 e. The predicted octanol–water partition coefficient (Wildman–Crippen LogP) is 3.13. The van der Waals surface area contributed by atoms with Gasteiger partial charge in [0.2, 0.25) is 0 Å². The number of hydrogen-bond donors (Lipinski definition) is 1. The zero-order chi connectivity index (χ0) is 13.5. The Kier molecular flexibility index (Phi) is 4.93. The van der Waals surface area contributed by atoms with Gasteiger partial charge in [-0.05, 0) is 42.3 Å². The van der Waals surface area contributed by atoms with Crippen molar-refractivity contribution in [1.82, 2.24) is 4.98 Å². The van der Waals surface area contributed by atoms with E-state index in [2.05, 4.69) is 18.1 Å². The first-order chi connectivity index (χ1) is 8.62. The Balaban J connectivity index is 3.18. The quantitative estimate of drug-likeness (QED) is 0.637. The molecular weight excluding hydrogens is 224 g/mol. The molecule has 0 amide bonds. The average Bonchev–Trinajstić information content (AvgIpc) is 2.40. The number of allylic oxidation sites excluding steroid dienone is 4. The highest BCUT2D eigenvalue weighted by molar-refractivity contribution is 5.76. The molecule has 1 aromatic heterocycles. The smallest absolute Gasteiger partial charge is 0.118 e. The van der Waals surface area contributed by atoms with Crippen LogP contribution < -0.4 is 5.73 Å². The molecule has 0 aliphatic heterocycles. The maximum absolute atomic E-state index is 5.65. The minimum absolute atomic E-state index is 0.451. The summed E-state index contributed by atoms with van der Waals surface area (Å²) in [6.45, 7) is 9.33. The number of methoxy groups -OCH3 is 1. The molecule has 0 unspecified atom stereocenters. The first-order valence-corrected chi connectivity index (χ1v) is 5.58. The highest BCUT2D eigenvalue weighted by Gasteiger charge is 2.03. The van der Waals surface area contributed by atoms with Gasteiger partial charge in [0.05, 0.1) is 18.5 Å². The molecule has 0 radical (unpaired) electrons. The van der Waals surface area contributed by atoms with Crippen LogP contribution in [-0.2, 0) is 4.74 Å². The topological polar surface area (TPSA) is 48.1 Å². The van der Waals surface area contributed by atoms with Gasteiger partial charge in [-0.25, -0.2) is 0 Å². The molecule has 1 heterocycles. The van der Waals surface area contributed by atoms with Crippen LogP contribution in [0.3, 0.4) is 0 Å². The number of ether oxygens (including phenoxy) is 1. The second-order valence-electron chi connectivity index (χ2n) is 3.65. The van der Waals surface area contributed by atoms with E-state index in [9.17, 15) is 0 Å². The van der Waals surface area contributed by atoms with Crippen LogP contribution in [0, 0.1) is 0 Å². The number of pyridine rings is 1. The third-order valence-corrected chi connectivity index (χ3v) is 2.47. The van der Waals surface area contributed by atoms with E-state index in [1.807, 2.05) is 31.2 Å². The molecule has 94 valence electrons. The van der Waals surface area contributed by atoms with Crippen molar-refractivity contribution in [3.8, 4) is 0 Å².